The molecule has 1 N–H and O–H groups in total. The van der Waals surface area contributed by atoms with Gasteiger partial charge in [0, 0.05) is 18.1 Å². The Balaban J connectivity index is 1.88. The minimum Gasteiger partial charge on any atom is -0.483 e. The Labute approximate surface area is 122 Å². The van der Waals surface area contributed by atoms with Gasteiger partial charge in [-0.25, -0.2) is 9.37 Å². The largest absolute Gasteiger partial charge is 0.483 e. The monoisotopic (exact) mass is 294 g/mol. The first-order chi connectivity index (χ1) is 9.65. The second-order valence-electron chi connectivity index (χ2n) is 5.00. The number of aromatic nitrogens is 1. The van der Waals surface area contributed by atoms with Gasteiger partial charge in [0.05, 0.1) is 0 Å². The van der Waals surface area contributed by atoms with Crippen molar-refractivity contribution in [2.75, 3.05) is 6.54 Å². The molecular weight excluding hydrogens is 275 g/mol. The molecule has 0 spiro atoms. The summed E-state index contributed by atoms with van der Waals surface area (Å²) < 4.78 is 19.3. The minimum atomic E-state index is -0.328. The standard InChI is InChI=1S/C15H19FN2OS/c1-11(2)8-17-9-12-3-4-14(13(16)7-12)19-10-15-18-5-6-20-15/h3-7,11,17H,8-10H2,1-2H3. The summed E-state index contributed by atoms with van der Waals surface area (Å²) in [6.45, 7) is 6.18. The zero-order valence-corrected chi connectivity index (χ0v) is 12.5. The summed E-state index contributed by atoms with van der Waals surface area (Å²) in [6, 6.07) is 5.08. The van der Waals surface area contributed by atoms with E-state index in [-0.39, 0.29) is 11.6 Å². The third-order valence-corrected chi connectivity index (χ3v) is 3.47. The van der Waals surface area contributed by atoms with Gasteiger partial charge >= 0.3 is 0 Å². The zero-order valence-electron chi connectivity index (χ0n) is 11.7. The number of thiazole rings is 1. The second-order valence-corrected chi connectivity index (χ2v) is 5.98. The second kappa shape index (κ2) is 7.36. The SMILES string of the molecule is CC(C)CNCc1ccc(OCc2nccs2)c(F)c1. The minimum absolute atomic E-state index is 0.271. The highest BCUT2D eigenvalue weighted by atomic mass is 32.1. The third kappa shape index (κ3) is 4.58. The van der Waals surface area contributed by atoms with E-state index < -0.39 is 0 Å². The first kappa shape index (κ1) is 14.9. The van der Waals surface area contributed by atoms with Gasteiger partial charge in [0.25, 0.3) is 0 Å². The van der Waals surface area contributed by atoms with Crippen LogP contribution >= 0.6 is 11.3 Å². The molecule has 0 radical (unpaired) electrons. The highest BCUT2D eigenvalue weighted by molar-refractivity contribution is 7.09. The molecule has 1 heterocycles. The molecule has 0 unspecified atom stereocenters. The number of ether oxygens (including phenoxy) is 1. The number of nitrogens with zero attached hydrogens (tertiary/aromatic N) is 1. The lowest BCUT2D eigenvalue weighted by Crippen LogP contribution is -2.19. The lowest BCUT2D eigenvalue weighted by atomic mass is 10.2. The third-order valence-electron chi connectivity index (χ3n) is 2.71. The lowest BCUT2D eigenvalue weighted by Gasteiger charge is -2.09. The molecule has 2 rings (SSSR count). The quantitative estimate of drug-likeness (QED) is 0.847. The van der Waals surface area contributed by atoms with E-state index in [1.807, 2.05) is 11.4 Å². The van der Waals surface area contributed by atoms with E-state index in [4.69, 9.17) is 4.74 Å². The molecule has 1 aromatic heterocycles. The number of rotatable bonds is 7. The number of hydrogen-bond acceptors (Lipinski definition) is 4. The molecule has 0 fully saturated rings. The van der Waals surface area contributed by atoms with E-state index in [1.54, 1.807) is 12.3 Å². The van der Waals surface area contributed by atoms with Gasteiger partial charge in [-0.05, 0) is 30.2 Å². The van der Waals surface area contributed by atoms with Gasteiger partial charge < -0.3 is 10.1 Å². The van der Waals surface area contributed by atoms with E-state index in [2.05, 4.69) is 24.1 Å². The average molecular weight is 294 g/mol. The number of hydrogen-bond donors (Lipinski definition) is 1. The van der Waals surface area contributed by atoms with Crippen LogP contribution in [0.4, 0.5) is 4.39 Å². The first-order valence-corrected chi connectivity index (χ1v) is 7.53. The maximum absolute atomic E-state index is 13.9. The fourth-order valence-corrected chi connectivity index (χ4v) is 2.27. The van der Waals surface area contributed by atoms with Crippen LogP contribution in [0, 0.1) is 11.7 Å². The summed E-state index contributed by atoms with van der Waals surface area (Å²) in [7, 11) is 0. The maximum Gasteiger partial charge on any atom is 0.165 e. The predicted octanol–water partition coefficient (Wildman–Crippen LogP) is 3.61. The summed E-state index contributed by atoms with van der Waals surface area (Å²) in [4.78, 5) is 4.10. The van der Waals surface area contributed by atoms with Gasteiger partial charge in [-0.1, -0.05) is 19.9 Å². The molecule has 20 heavy (non-hydrogen) atoms. The molecule has 0 saturated heterocycles. The van der Waals surface area contributed by atoms with Crippen molar-refractivity contribution in [3.8, 4) is 5.75 Å². The maximum atomic E-state index is 13.9. The van der Waals surface area contributed by atoms with Crippen LogP contribution < -0.4 is 10.1 Å². The highest BCUT2D eigenvalue weighted by Gasteiger charge is 2.06. The van der Waals surface area contributed by atoms with E-state index in [9.17, 15) is 4.39 Å². The number of nitrogens with one attached hydrogen (secondary N) is 1. The molecule has 108 valence electrons. The Morgan fingerprint density at radius 3 is 2.90 bits per heavy atom. The molecule has 5 heteroatoms. The van der Waals surface area contributed by atoms with Gasteiger partial charge in [-0.15, -0.1) is 11.3 Å². The van der Waals surface area contributed by atoms with Crippen LogP contribution in [-0.4, -0.2) is 11.5 Å². The molecule has 0 aliphatic heterocycles. The molecule has 0 aliphatic carbocycles. The molecule has 0 bridgehead atoms. The van der Waals surface area contributed by atoms with Crippen molar-refractivity contribution in [3.05, 3.63) is 46.2 Å². The smallest absolute Gasteiger partial charge is 0.165 e. The zero-order chi connectivity index (χ0) is 14.4. The molecule has 0 amide bonds. The molecular formula is C15H19FN2OS. The van der Waals surface area contributed by atoms with Gasteiger partial charge in [-0.3, -0.25) is 0 Å². The summed E-state index contributed by atoms with van der Waals surface area (Å²) in [6.07, 6.45) is 1.71. The fraction of sp³-hybridized carbons (Fsp3) is 0.400. The topological polar surface area (TPSA) is 34.1 Å². The van der Waals surface area contributed by atoms with Crippen LogP contribution in [0.15, 0.2) is 29.8 Å². The Morgan fingerprint density at radius 1 is 1.40 bits per heavy atom. The Kier molecular flexibility index (Phi) is 5.49. The van der Waals surface area contributed by atoms with E-state index in [0.29, 0.717) is 19.1 Å². The van der Waals surface area contributed by atoms with E-state index >= 15 is 0 Å². The van der Waals surface area contributed by atoms with Gasteiger partial charge in [0.2, 0.25) is 0 Å². The first-order valence-electron chi connectivity index (χ1n) is 6.65. The molecule has 0 atom stereocenters. The van der Waals surface area contributed by atoms with Crippen LogP contribution in [-0.2, 0) is 13.2 Å². The van der Waals surface area contributed by atoms with Crippen molar-refractivity contribution in [2.45, 2.75) is 27.0 Å². The van der Waals surface area contributed by atoms with Crippen molar-refractivity contribution in [1.82, 2.24) is 10.3 Å². The van der Waals surface area contributed by atoms with Crippen molar-refractivity contribution in [3.63, 3.8) is 0 Å². The Bertz CT molecular complexity index is 529. The van der Waals surface area contributed by atoms with Crippen LogP contribution in [0.1, 0.15) is 24.4 Å². The molecule has 3 nitrogen and oxygen atoms in total. The molecule has 0 aliphatic rings. The molecule has 1 aromatic carbocycles. The normalized spacial score (nSPS) is 11.0. The van der Waals surface area contributed by atoms with Gasteiger partial charge in [-0.2, -0.15) is 0 Å². The van der Waals surface area contributed by atoms with Crippen molar-refractivity contribution < 1.29 is 9.13 Å². The van der Waals surface area contributed by atoms with E-state index in [1.165, 1.54) is 17.4 Å². The predicted molar refractivity (Wildman–Crippen MR) is 79.4 cm³/mol. The summed E-state index contributed by atoms with van der Waals surface area (Å²) in [5, 5.41) is 6.00. The van der Waals surface area contributed by atoms with Crippen molar-refractivity contribution >= 4 is 11.3 Å². The van der Waals surface area contributed by atoms with Crippen LogP contribution in [0.2, 0.25) is 0 Å². The summed E-state index contributed by atoms with van der Waals surface area (Å²) in [5.74, 6) is 0.527. The van der Waals surface area contributed by atoms with Crippen LogP contribution in [0.25, 0.3) is 0 Å². The Hall–Kier alpha value is -1.46. The van der Waals surface area contributed by atoms with Crippen molar-refractivity contribution in [1.29, 1.82) is 0 Å². The van der Waals surface area contributed by atoms with Crippen LogP contribution in [0.5, 0.6) is 5.75 Å². The Morgan fingerprint density at radius 2 is 2.25 bits per heavy atom. The fourth-order valence-electron chi connectivity index (χ4n) is 1.74. The summed E-state index contributed by atoms with van der Waals surface area (Å²) in [5.41, 5.74) is 0.921. The van der Waals surface area contributed by atoms with Crippen molar-refractivity contribution in [2.24, 2.45) is 5.92 Å². The highest BCUT2D eigenvalue weighted by Crippen LogP contribution is 2.20. The number of halogens is 1. The average Bonchev–Trinajstić information content (AvgIpc) is 2.90. The van der Waals surface area contributed by atoms with Gasteiger partial charge in [0.1, 0.15) is 11.6 Å². The van der Waals surface area contributed by atoms with E-state index in [0.717, 1.165) is 17.1 Å². The summed E-state index contributed by atoms with van der Waals surface area (Å²) >= 11 is 1.50. The number of benzene rings is 1. The lowest BCUT2D eigenvalue weighted by molar-refractivity contribution is 0.289. The van der Waals surface area contributed by atoms with Crippen LogP contribution in [0.3, 0.4) is 0 Å². The van der Waals surface area contributed by atoms with Gasteiger partial charge in [0.15, 0.2) is 11.6 Å². The molecule has 2 aromatic rings. The molecule has 0 saturated carbocycles.